The summed E-state index contributed by atoms with van der Waals surface area (Å²) in [5.74, 6) is -0.496. The van der Waals surface area contributed by atoms with Crippen molar-refractivity contribution in [1.82, 2.24) is 10.2 Å². The molecule has 0 amide bonds. The van der Waals surface area contributed by atoms with Crippen LogP contribution in [0.5, 0.6) is 0 Å². The number of H-pyrrole nitrogens is 1. The highest BCUT2D eigenvalue weighted by atomic mass is 127. The van der Waals surface area contributed by atoms with Crippen molar-refractivity contribution in [2.45, 2.75) is 4.90 Å². The van der Waals surface area contributed by atoms with Gasteiger partial charge in [-0.1, -0.05) is 0 Å². The first-order chi connectivity index (χ1) is 8.40. The molecule has 9 heteroatoms. The van der Waals surface area contributed by atoms with Gasteiger partial charge in [-0.15, -0.1) is 0 Å². The second-order valence-corrected chi connectivity index (χ2v) is 6.19. The number of nitrogens with zero attached hydrogens (tertiary/aromatic N) is 1. The SMILES string of the molecule is Nc1[nH]ncc1S(=O)(=O)Nc1ccc(F)cc1I. The van der Waals surface area contributed by atoms with Crippen molar-refractivity contribution >= 4 is 44.1 Å². The van der Waals surface area contributed by atoms with E-state index in [1.54, 1.807) is 0 Å². The maximum atomic E-state index is 12.9. The number of nitrogens with one attached hydrogen (secondary N) is 2. The van der Waals surface area contributed by atoms with E-state index in [1.807, 2.05) is 22.6 Å². The van der Waals surface area contributed by atoms with Gasteiger partial charge in [0.1, 0.15) is 16.5 Å². The topological polar surface area (TPSA) is 101 Å². The van der Waals surface area contributed by atoms with Gasteiger partial charge in [-0.3, -0.25) is 9.82 Å². The second kappa shape index (κ2) is 4.72. The monoisotopic (exact) mass is 382 g/mol. The Morgan fingerprint density at radius 2 is 2.17 bits per heavy atom. The highest BCUT2D eigenvalue weighted by Crippen LogP contribution is 2.23. The molecule has 2 aromatic rings. The van der Waals surface area contributed by atoms with Crippen LogP contribution in [0.4, 0.5) is 15.9 Å². The maximum absolute atomic E-state index is 12.9. The lowest BCUT2D eigenvalue weighted by molar-refractivity contribution is 0.601. The molecular weight excluding hydrogens is 374 g/mol. The molecule has 0 unspecified atom stereocenters. The Labute approximate surface area is 116 Å². The molecule has 0 spiro atoms. The van der Waals surface area contributed by atoms with E-state index in [9.17, 15) is 12.8 Å². The van der Waals surface area contributed by atoms with E-state index in [4.69, 9.17) is 5.73 Å². The van der Waals surface area contributed by atoms with E-state index in [0.29, 0.717) is 3.57 Å². The fourth-order valence-electron chi connectivity index (χ4n) is 1.27. The third kappa shape index (κ3) is 2.56. The average Bonchev–Trinajstić information content (AvgIpc) is 2.69. The van der Waals surface area contributed by atoms with Gasteiger partial charge < -0.3 is 5.73 Å². The lowest BCUT2D eigenvalue weighted by Gasteiger charge is -2.08. The second-order valence-electron chi connectivity index (χ2n) is 3.38. The number of benzene rings is 1. The van der Waals surface area contributed by atoms with Gasteiger partial charge in [-0.2, -0.15) is 5.10 Å². The van der Waals surface area contributed by atoms with Crippen molar-refractivity contribution in [1.29, 1.82) is 0 Å². The Balaban J connectivity index is 2.37. The van der Waals surface area contributed by atoms with Gasteiger partial charge in [0.25, 0.3) is 10.0 Å². The van der Waals surface area contributed by atoms with Crippen molar-refractivity contribution in [3.8, 4) is 0 Å². The number of aromatic nitrogens is 2. The molecule has 0 aliphatic rings. The van der Waals surface area contributed by atoms with Crippen molar-refractivity contribution in [2.75, 3.05) is 10.5 Å². The van der Waals surface area contributed by atoms with Crippen molar-refractivity contribution in [3.63, 3.8) is 0 Å². The van der Waals surface area contributed by atoms with E-state index >= 15 is 0 Å². The molecule has 6 nitrogen and oxygen atoms in total. The molecule has 0 saturated carbocycles. The van der Waals surface area contributed by atoms with Crippen LogP contribution >= 0.6 is 22.6 Å². The van der Waals surface area contributed by atoms with E-state index in [-0.39, 0.29) is 16.4 Å². The van der Waals surface area contributed by atoms with Gasteiger partial charge in [-0.25, -0.2) is 12.8 Å². The van der Waals surface area contributed by atoms with Crippen LogP contribution in [0.25, 0.3) is 0 Å². The lowest BCUT2D eigenvalue weighted by atomic mass is 10.3. The minimum Gasteiger partial charge on any atom is -0.383 e. The maximum Gasteiger partial charge on any atom is 0.267 e. The predicted molar refractivity (Wildman–Crippen MR) is 72.9 cm³/mol. The van der Waals surface area contributed by atoms with Crippen LogP contribution in [0.1, 0.15) is 0 Å². The minimum absolute atomic E-state index is 0.0559. The zero-order chi connectivity index (χ0) is 13.3. The van der Waals surface area contributed by atoms with Crippen LogP contribution in [0.2, 0.25) is 0 Å². The molecule has 96 valence electrons. The van der Waals surface area contributed by atoms with Crippen LogP contribution < -0.4 is 10.5 Å². The Hall–Kier alpha value is -1.36. The predicted octanol–water partition coefficient (Wildman–Crippen LogP) is 1.54. The molecule has 2 rings (SSSR count). The Morgan fingerprint density at radius 1 is 1.44 bits per heavy atom. The van der Waals surface area contributed by atoms with Crippen LogP contribution in [0.15, 0.2) is 29.3 Å². The zero-order valence-corrected chi connectivity index (χ0v) is 11.8. The summed E-state index contributed by atoms with van der Waals surface area (Å²) in [6.45, 7) is 0. The summed E-state index contributed by atoms with van der Waals surface area (Å²) in [5.41, 5.74) is 5.72. The van der Waals surface area contributed by atoms with Crippen LogP contribution in [-0.2, 0) is 10.0 Å². The van der Waals surface area contributed by atoms with Crippen LogP contribution in [0.3, 0.4) is 0 Å². The number of nitrogen functional groups attached to an aromatic ring is 1. The summed E-state index contributed by atoms with van der Waals surface area (Å²) in [6.07, 6.45) is 1.11. The van der Waals surface area contributed by atoms with E-state index in [0.717, 1.165) is 6.20 Å². The zero-order valence-electron chi connectivity index (χ0n) is 8.81. The third-order valence-corrected chi connectivity index (χ3v) is 4.38. The fourth-order valence-corrected chi connectivity index (χ4v) is 3.17. The average molecular weight is 382 g/mol. The van der Waals surface area contributed by atoms with Crippen molar-refractivity contribution < 1.29 is 12.8 Å². The van der Waals surface area contributed by atoms with E-state index in [1.165, 1.54) is 18.2 Å². The number of sulfonamides is 1. The van der Waals surface area contributed by atoms with Gasteiger partial charge >= 0.3 is 0 Å². The molecule has 0 fully saturated rings. The molecule has 0 saturated heterocycles. The van der Waals surface area contributed by atoms with E-state index in [2.05, 4.69) is 14.9 Å². The Morgan fingerprint density at radius 3 is 2.72 bits per heavy atom. The third-order valence-electron chi connectivity index (χ3n) is 2.10. The molecule has 0 atom stereocenters. The summed E-state index contributed by atoms with van der Waals surface area (Å²) in [6, 6.07) is 3.72. The summed E-state index contributed by atoms with van der Waals surface area (Å²) >= 11 is 1.83. The van der Waals surface area contributed by atoms with Gasteiger partial charge in [0.05, 0.1) is 11.9 Å². The van der Waals surface area contributed by atoms with Crippen molar-refractivity contribution in [2.24, 2.45) is 0 Å². The smallest absolute Gasteiger partial charge is 0.267 e. The first kappa shape index (κ1) is 13.1. The first-order valence-corrected chi connectivity index (χ1v) is 7.23. The quantitative estimate of drug-likeness (QED) is 0.701. The highest BCUT2D eigenvalue weighted by molar-refractivity contribution is 14.1. The minimum atomic E-state index is -3.83. The van der Waals surface area contributed by atoms with Gasteiger partial charge in [-0.05, 0) is 40.8 Å². The van der Waals surface area contributed by atoms with Crippen LogP contribution in [0, 0.1) is 9.39 Å². The molecule has 1 aromatic carbocycles. The number of rotatable bonds is 3. The Kier molecular flexibility index (Phi) is 3.43. The molecule has 0 bridgehead atoms. The number of aromatic amines is 1. The lowest BCUT2D eigenvalue weighted by Crippen LogP contribution is -2.14. The van der Waals surface area contributed by atoms with Gasteiger partial charge in [0, 0.05) is 3.57 Å². The largest absolute Gasteiger partial charge is 0.383 e. The summed E-state index contributed by atoms with van der Waals surface area (Å²) in [7, 11) is -3.83. The number of halogens is 2. The van der Waals surface area contributed by atoms with Crippen molar-refractivity contribution in [3.05, 3.63) is 33.8 Å². The Bertz CT molecular complexity index is 686. The number of nitrogens with two attached hydrogens (primary N) is 1. The van der Waals surface area contributed by atoms with Gasteiger partial charge in [0.15, 0.2) is 0 Å². The molecule has 1 heterocycles. The molecule has 0 aliphatic heterocycles. The molecule has 18 heavy (non-hydrogen) atoms. The summed E-state index contributed by atoms with van der Waals surface area (Å²) in [5, 5.41) is 5.87. The molecule has 1 aromatic heterocycles. The summed E-state index contributed by atoms with van der Waals surface area (Å²) in [4.78, 5) is -0.150. The van der Waals surface area contributed by atoms with Crippen LogP contribution in [-0.4, -0.2) is 18.6 Å². The highest BCUT2D eigenvalue weighted by Gasteiger charge is 2.20. The number of hydrogen-bond donors (Lipinski definition) is 3. The normalized spacial score (nSPS) is 11.4. The molecular formula is C9H8FIN4O2S. The number of hydrogen-bond acceptors (Lipinski definition) is 4. The van der Waals surface area contributed by atoms with E-state index < -0.39 is 15.8 Å². The summed E-state index contributed by atoms with van der Waals surface area (Å²) < 4.78 is 39.6. The van der Waals surface area contributed by atoms with Gasteiger partial charge in [0.2, 0.25) is 0 Å². The standard InChI is InChI=1S/C9H8FIN4O2S/c10-5-1-2-7(6(11)3-5)15-18(16,17)8-4-13-14-9(8)12/h1-4,15H,(H3,12,13,14). The molecule has 0 aliphatic carbocycles. The first-order valence-electron chi connectivity index (χ1n) is 4.67. The number of anilines is 2. The molecule has 0 radical (unpaired) electrons. The fraction of sp³-hybridized carbons (Fsp3) is 0. The molecule has 4 N–H and O–H groups in total.